The number of H-pyrrole nitrogens is 1. The van der Waals surface area contributed by atoms with Crippen molar-refractivity contribution >= 4 is 34.1 Å². The number of aromatic nitrogens is 1. The van der Waals surface area contributed by atoms with Gasteiger partial charge in [0.15, 0.2) is 0 Å². The lowest BCUT2D eigenvalue weighted by atomic mass is 9.89. The van der Waals surface area contributed by atoms with Gasteiger partial charge in [-0.05, 0) is 97.4 Å². The quantitative estimate of drug-likeness (QED) is 0.285. The van der Waals surface area contributed by atoms with Crippen LogP contribution in [0.25, 0.3) is 10.9 Å². The fourth-order valence-corrected chi connectivity index (χ4v) is 5.39. The van der Waals surface area contributed by atoms with Crippen LogP contribution in [-0.4, -0.2) is 35.4 Å². The molecule has 0 spiro atoms. The summed E-state index contributed by atoms with van der Waals surface area (Å²) in [6, 6.07) is 17.5. The first-order valence-electron chi connectivity index (χ1n) is 12.4. The van der Waals surface area contributed by atoms with Crippen molar-refractivity contribution in [2.75, 3.05) is 25.0 Å². The zero-order chi connectivity index (χ0) is 25.1. The third-order valence-corrected chi connectivity index (χ3v) is 7.53. The van der Waals surface area contributed by atoms with Gasteiger partial charge in [0, 0.05) is 35.9 Å². The number of hydrogen-bond donors (Lipinski definition) is 3. The number of likely N-dealkylation sites (tertiary alicyclic amines) is 1. The molecule has 3 aromatic carbocycles. The molecule has 5 rings (SSSR count). The van der Waals surface area contributed by atoms with Crippen molar-refractivity contribution in [3.05, 3.63) is 100.0 Å². The summed E-state index contributed by atoms with van der Waals surface area (Å²) in [5.74, 6) is -0.101. The molecule has 0 atom stereocenters. The van der Waals surface area contributed by atoms with Gasteiger partial charge in [0.25, 0.3) is 5.91 Å². The molecule has 1 fully saturated rings. The van der Waals surface area contributed by atoms with Gasteiger partial charge in [-0.3, -0.25) is 4.79 Å². The summed E-state index contributed by atoms with van der Waals surface area (Å²) in [6.45, 7) is 3.47. The van der Waals surface area contributed by atoms with E-state index in [0.717, 1.165) is 60.6 Å². The van der Waals surface area contributed by atoms with Crippen molar-refractivity contribution in [1.29, 1.82) is 0 Å². The lowest BCUT2D eigenvalue weighted by molar-refractivity contribution is 0.102. The third kappa shape index (κ3) is 5.31. The zero-order valence-electron chi connectivity index (χ0n) is 20.1. The number of hydrogen-bond acceptors (Lipinski definition) is 3. The summed E-state index contributed by atoms with van der Waals surface area (Å²) >= 11 is 6.35. The molecule has 4 N–H and O–H groups in total. The van der Waals surface area contributed by atoms with Crippen LogP contribution in [0.4, 0.5) is 10.1 Å². The minimum Gasteiger partial charge on any atom is -0.360 e. The summed E-state index contributed by atoms with van der Waals surface area (Å²) in [5.41, 5.74) is 11.7. The minimum absolute atomic E-state index is 0.262. The van der Waals surface area contributed by atoms with Gasteiger partial charge in [-0.25, -0.2) is 4.39 Å². The highest BCUT2D eigenvalue weighted by Gasteiger charge is 2.23. The molecule has 0 unspecified atom stereocenters. The average molecular weight is 505 g/mol. The predicted octanol–water partition coefficient (Wildman–Crippen LogP) is 6.09. The van der Waals surface area contributed by atoms with Crippen LogP contribution in [0.3, 0.4) is 0 Å². The van der Waals surface area contributed by atoms with Gasteiger partial charge in [0.2, 0.25) is 0 Å². The summed E-state index contributed by atoms with van der Waals surface area (Å²) in [6.07, 6.45) is 5.20. The van der Waals surface area contributed by atoms with E-state index in [1.54, 1.807) is 0 Å². The van der Waals surface area contributed by atoms with Gasteiger partial charge >= 0.3 is 0 Å². The van der Waals surface area contributed by atoms with Crippen LogP contribution >= 0.6 is 11.6 Å². The molecule has 1 amide bonds. The third-order valence-electron chi connectivity index (χ3n) is 7.21. The van der Waals surface area contributed by atoms with E-state index in [4.69, 9.17) is 17.3 Å². The van der Waals surface area contributed by atoms with Gasteiger partial charge < -0.3 is 20.9 Å². The number of aromatic amines is 1. The van der Waals surface area contributed by atoms with E-state index in [2.05, 4.69) is 27.5 Å². The lowest BCUT2D eigenvalue weighted by Crippen LogP contribution is -2.34. The average Bonchev–Trinajstić information content (AvgIpc) is 3.34. The fourth-order valence-electron chi connectivity index (χ4n) is 5.16. The van der Waals surface area contributed by atoms with Crippen molar-refractivity contribution in [3.8, 4) is 0 Å². The molecule has 1 aliphatic rings. The smallest absolute Gasteiger partial charge is 0.255 e. The van der Waals surface area contributed by atoms with E-state index in [0.29, 0.717) is 23.7 Å². The summed E-state index contributed by atoms with van der Waals surface area (Å²) in [5, 5.41) is 4.92. The molecular weight excluding hydrogens is 475 g/mol. The first-order chi connectivity index (χ1) is 17.5. The number of anilines is 1. The number of benzene rings is 3. The number of piperidine rings is 1. The number of nitrogens with one attached hydrogen (secondary N) is 2. The lowest BCUT2D eigenvalue weighted by Gasteiger charge is -2.32. The van der Waals surface area contributed by atoms with E-state index in [1.165, 1.54) is 35.2 Å². The van der Waals surface area contributed by atoms with Crippen LogP contribution in [0.5, 0.6) is 0 Å². The number of amides is 1. The van der Waals surface area contributed by atoms with E-state index >= 15 is 0 Å². The second-order valence-electron chi connectivity index (χ2n) is 9.42. The first-order valence-corrected chi connectivity index (χ1v) is 12.8. The molecule has 1 aromatic heterocycles. The maximum atomic E-state index is 13.2. The van der Waals surface area contributed by atoms with E-state index in [1.807, 2.05) is 30.3 Å². The number of para-hydroxylation sites is 1. The van der Waals surface area contributed by atoms with Crippen LogP contribution in [0.2, 0.25) is 5.02 Å². The highest BCUT2D eigenvalue weighted by molar-refractivity contribution is 6.35. The molecule has 0 radical (unpaired) electrons. The summed E-state index contributed by atoms with van der Waals surface area (Å²) < 4.78 is 13.2. The molecule has 2 heterocycles. The van der Waals surface area contributed by atoms with Crippen LogP contribution in [0.15, 0.2) is 66.9 Å². The fraction of sp³-hybridized carbons (Fsp3) is 0.276. The molecular formula is C29H30ClFN4O. The van der Waals surface area contributed by atoms with Gasteiger partial charge in [-0.1, -0.05) is 29.8 Å². The normalized spacial score (nSPS) is 14.9. The molecule has 0 aliphatic carbocycles. The van der Waals surface area contributed by atoms with Crippen molar-refractivity contribution in [2.24, 2.45) is 5.73 Å². The molecule has 36 heavy (non-hydrogen) atoms. The number of nitrogens with zero attached hydrogens (tertiary/aromatic N) is 1. The Balaban J connectivity index is 1.20. The molecule has 1 saturated heterocycles. The topological polar surface area (TPSA) is 74.2 Å². The number of halogens is 2. The Morgan fingerprint density at radius 3 is 2.61 bits per heavy atom. The van der Waals surface area contributed by atoms with Gasteiger partial charge in [0.1, 0.15) is 5.82 Å². The van der Waals surface area contributed by atoms with Crippen LogP contribution in [0.1, 0.15) is 45.8 Å². The largest absolute Gasteiger partial charge is 0.360 e. The molecule has 0 bridgehead atoms. The predicted molar refractivity (Wildman–Crippen MR) is 144 cm³/mol. The van der Waals surface area contributed by atoms with Crippen molar-refractivity contribution in [3.63, 3.8) is 0 Å². The molecule has 0 saturated carbocycles. The second kappa shape index (κ2) is 10.8. The Morgan fingerprint density at radius 2 is 1.86 bits per heavy atom. The number of carbonyl (C=O) groups excluding carboxylic acids is 1. The Kier molecular flexibility index (Phi) is 7.37. The molecule has 7 heteroatoms. The van der Waals surface area contributed by atoms with Crippen LogP contribution in [0, 0.1) is 5.82 Å². The standard InChI is InChI=1S/C29H30ClFN4O/c30-27-3-1-2-25-26(18-33-28(25)27)19-10-13-35(14-11-19)15-12-21-16-24(9-6-22(21)17-32)34-29(36)20-4-7-23(31)8-5-20/h1-9,16,18-19,33H,10-15,17,32H2,(H,34,36). The summed E-state index contributed by atoms with van der Waals surface area (Å²) in [4.78, 5) is 18.4. The monoisotopic (exact) mass is 504 g/mol. The SMILES string of the molecule is NCc1ccc(NC(=O)c2ccc(F)cc2)cc1CCN1CCC(c2c[nH]c3c(Cl)cccc23)CC1. The number of fused-ring (bicyclic) bond motifs is 1. The number of rotatable bonds is 7. The van der Waals surface area contributed by atoms with Gasteiger partial charge in [-0.15, -0.1) is 0 Å². The Hall–Kier alpha value is -3.19. The molecule has 4 aromatic rings. The minimum atomic E-state index is -0.365. The maximum absolute atomic E-state index is 13.2. The Labute approximate surface area is 215 Å². The van der Waals surface area contributed by atoms with E-state index in [9.17, 15) is 9.18 Å². The van der Waals surface area contributed by atoms with Crippen molar-refractivity contribution < 1.29 is 9.18 Å². The Bertz CT molecular complexity index is 1360. The van der Waals surface area contributed by atoms with Crippen molar-refractivity contribution in [1.82, 2.24) is 9.88 Å². The van der Waals surface area contributed by atoms with Crippen molar-refractivity contribution in [2.45, 2.75) is 31.7 Å². The Morgan fingerprint density at radius 1 is 1.08 bits per heavy atom. The first kappa shape index (κ1) is 24.5. The molecule has 5 nitrogen and oxygen atoms in total. The molecule has 1 aliphatic heterocycles. The van der Waals surface area contributed by atoms with Gasteiger partial charge in [0.05, 0.1) is 10.5 Å². The van der Waals surface area contributed by atoms with Crippen LogP contribution in [-0.2, 0) is 13.0 Å². The van der Waals surface area contributed by atoms with E-state index in [-0.39, 0.29) is 11.7 Å². The van der Waals surface area contributed by atoms with Crippen LogP contribution < -0.4 is 11.1 Å². The maximum Gasteiger partial charge on any atom is 0.255 e. The van der Waals surface area contributed by atoms with E-state index < -0.39 is 0 Å². The number of nitrogens with two attached hydrogens (primary N) is 1. The summed E-state index contributed by atoms with van der Waals surface area (Å²) in [7, 11) is 0. The highest BCUT2D eigenvalue weighted by Crippen LogP contribution is 2.35. The second-order valence-corrected chi connectivity index (χ2v) is 9.83. The zero-order valence-corrected chi connectivity index (χ0v) is 20.8. The van der Waals surface area contributed by atoms with Gasteiger partial charge in [-0.2, -0.15) is 0 Å². The number of carbonyl (C=O) groups is 1. The highest BCUT2D eigenvalue weighted by atomic mass is 35.5. The molecule has 186 valence electrons.